The largest absolute Gasteiger partial charge is 0.485 e. The van der Waals surface area contributed by atoms with E-state index in [2.05, 4.69) is 5.16 Å². The van der Waals surface area contributed by atoms with Crippen molar-refractivity contribution >= 4 is 5.91 Å². The number of nitrogens with zero attached hydrogens (tertiary/aromatic N) is 2. The minimum absolute atomic E-state index is 0.0711. The van der Waals surface area contributed by atoms with Gasteiger partial charge in [0.25, 0.3) is 5.91 Å². The van der Waals surface area contributed by atoms with Crippen LogP contribution in [0.3, 0.4) is 0 Å². The molecule has 1 saturated heterocycles. The number of carbonyl (C=O) groups excluding carboxylic acids is 1. The van der Waals surface area contributed by atoms with E-state index in [9.17, 15) is 18.7 Å². The second-order valence-corrected chi connectivity index (χ2v) is 7.11. The van der Waals surface area contributed by atoms with Crippen LogP contribution in [0, 0.1) is 11.6 Å². The van der Waals surface area contributed by atoms with Crippen molar-refractivity contribution < 1.29 is 27.9 Å². The molecule has 0 aliphatic carbocycles. The summed E-state index contributed by atoms with van der Waals surface area (Å²) in [6.07, 6.45) is -0.849. The first kappa shape index (κ1) is 20.0. The van der Waals surface area contributed by atoms with E-state index in [0.29, 0.717) is 30.8 Å². The number of para-hydroxylation sites is 1. The molecule has 1 fully saturated rings. The summed E-state index contributed by atoms with van der Waals surface area (Å²) in [5.41, 5.74) is 0.727. The molecule has 2 aromatic carbocycles. The van der Waals surface area contributed by atoms with Crippen molar-refractivity contribution in [1.29, 1.82) is 0 Å². The number of hydrogen-bond donors (Lipinski definition) is 1. The fourth-order valence-corrected chi connectivity index (χ4v) is 3.39. The van der Waals surface area contributed by atoms with Crippen molar-refractivity contribution in [3.8, 4) is 17.1 Å². The van der Waals surface area contributed by atoms with Gasteiger partial charge in [-0.25, -0.2) is 8.78 Å². The minimum atomic E-state index is -0.838. The molecule has 4 rings (SSSR count). The van der Waals surface area contributed by atoms with Crippen molar-refractivity contribution in [1.82, 2.24) is 10.1 Å². The Balaban J connectivity index is 1.43. The van der Waals surface area contributed by atoms with Crippen LogP contribution >= 0.6 is 0 Å². The fourth-order valence-electron chi connectivity index (χ4n) is 3.39. The van der Waals surface area contributed by atoms with E-state index in [4.69, 9.17) is 9.26 Å². The van der Waals surface area contributed by atoms with Gasteiger partial charge in [0.1, 0.15) is 11.9 Å². The van der Waals surface area contributed by atoms with Crippen molar-refractivity contribution in [2.75, 3.05) is 13.1 Å². The van der Waals surface area contributed by atoms with Gasteiger partial charge in [-0.1, -0.05) is 17.3 Å². The van der Waals surface area contributed by atoms with Gasteiger partial charge in [-0.05, 0) is 42.8 Å². The summed E-state index contributed by atoms with van der Waals surface area (Å²) < 4.78 is 37.8. The lowest BCUT2D eigenvalue weighted by Crippen LogP contribution is -2.33. The molecule has 2 heterocycles. The molecule has 156 valence electrons. The van der Waals surface area contributed by atoms with Crippen LogP contribution in [-0.4, -0.2) is 46.4 Å². The molecule has 2 atom stereocenters. The van der Waals surface area contributed by atoms with Crippen molar-refractivity contribution in [2.24, 2.45) is 0 Å². The van der Waals surface area contributed by atoms with Gasteiger partial charge in [0, 0.05) is 31.1 Å². The van der Waals surface area contributed by atoms with Crippen molar-refractivity contribution in [2.45, 2.75) is 25.0 Å². The Morgan fingerprint density at radius 3 is 2.60 bits per heavy atom. The lowest BCUT2D eigenvalue weighted by molar-refractivity contribution is 0.0328. The van der Waals surface area contributed by atoms with Crippen molar-refractivity contribution in [3.63, 3.8) is 0 Å². The zero-order valence-corrected chi connectivity index (χ0v) is 16.0. The van der Waals surface area contributed by atoms with Gasteiger partial charge >= 0.3 is 0 Å². The van der Waals surface area contributed by atoms with Gasteiger partial charge in [0.05, 0.1) is 6.10 Å². The molecule has 1 amide bonds. The van der Waals surface area contributed by atoms with Gasteiger partial charge in [0.15, 0.2) is 23.0 Å². The highest BCUT2D eigenvalue weighted by Crippen LogP contribution is 2.24. The van der Waals surface area contributed by atoms with Crippen molar-refractivity contribution in [3.05, 3.63) is 71.9 Å². The summed E-state index contributed by atoms with van der Waals surface area (Å²) in [5, 5.41) is 14.2. The first-order valence-corrected chi connectivity index (χ1v) is 9.62. The van der Waals surface area contributed by atoms with Crippen LogP contribution in [0.25, 0.3) is 11.3 Å². The van der Waals surface area contributed by atoms with Crippen LogP contribution in [0.4, 0.5) is 8.78 Å². The number of hydrogen-bond acceptors (Lipinski definition) is 5. The fraction of sp³-hybridized carbons (Fsp3) is 0.273. The SMILES string of the molecule is O=C(c1cc(-c2ccc(F)cc2)on1)N1CC[C@H](Oc2ccccc2F)[C@@H](O)CC1. The van der Waals surface area contributed by atoms with E-state index in [1.165, 1.54) is 42.5 Å². The van der Waals surface area contributed by atoms with E-state index in [0.717, 1.165) is 0 Å². The number of aliphatic hydroxyl groups excluding tert-OH is 1. The summed E-state index contributed by atoms with van der Waals surface area (Å²) >= 11 is 0. The number of ether oxygens (including phenoxy) is 1. The summed E-state index contributed by atoms with van der Waals surface area (Å²) in [4.78, 5) is 14.4. The number of likely N-dealkylation sites (tertiary alicyclic amines) is 1. The first-order chi connectivity index (χ1) is 14.5. The number of aliphatic hydroxyl groups is 1. The van der Waals surface area contributed by atoms with E-state index in [1.807, 2.05) is 0 Å². The predicted molar refractivity (Wildman–Crippen MR) is 104 cm³/mol. The topological polar surface area (TPSA) is 75.8 Å². The van der Waals surface area contributed by atoms with Crippen LogP contribution in [-0.2, 0) is 0 Å². The number of aromatic nitrogens is 1. The maximum Gasteiger partial charge on any atom is 0.276 e. The monoisotopic (exact) mass is 414 g/mol. The Morgan fingerprint density at radius 2 is 1.83 bits per heavy atom. The van der Waals surface area contributed by atoms with E-state index < -0.39 is 18.0 Å². The molecule has 1 aromatic heterocycles. The highest BCUT2D eigenvalue weighted by atomic mass is 19.1. The van der Waals surface area contributed by atoms with Crippen LogP contribution < -0.4 is 4.74 Å². The van der Waals surface area contributed by atoms with E-state index in [1.54, 1.807) is 17.0 Å². The lowest BCUT2D eigenvalue weighted by Gasteiger charge is -2.21. The lowest BCUT2D eigenvalue weighted by atomic mass is 10.1. The number of carbonyl (C=O) groups is 1. The van der Waals surface area contributed by atoms with Crippen LogP contribution in [0.2, 0.25) is 0 Å². The summed E-state index contributed by atoms with van der Waals surface area (Å²) in [5.74, 6) is -0.788. The molecule has 30 heavy (non-hydrogen) atoms. The molecule has 0 radical (unpaired) electrons. The van der Waals surface area contributed by atoms with Crippen LogP contribution in [0.5, 0.6) is 5.75 Å². The summed E-state index contributed by atoms with van der Waals surface area (Å²) in [6, 6.07) is 13.2. The molecule has 1 N–H and O–H groups in total. The average molecular weight is 414 g/mol. The number of halogens is 2. The van der Waals surface area contributed by atoms with Gasteiger partial charge in [-0.15, -0.1) is 0 Å². The van der Waals surface area contributed by atoms with Gasteiger partial charge in [0.2, 0.25) is 0 Å². The molecule has 3 aromatic rings. The molecule has 6 nitrogen and oxygen atoms in total. The Labute approximate surface area is 171 Å². The summed E-state index contributed by atoms with van der Waals surface area (Å²) in [6.45, 7) is 0.615. The van der Waals surface area contributed by atoms with E-state index in [-0.39, 0.29) is 29.6 Å². The second-order valence-electron chi connectivity index (χ2n) is 7.11. The quantitative estimate of drug-likeness (QED) is 0.705. The Kier molecular flexibility index (Phi) is 5.76. The third kappa shape index (κ3) is 4.33. The molecule has 1 aliphatic heterocycles. The number of rotatable bonds is 4. The Bertz CT molecular complexity index is 1020. The molecule has 0 unspecified atom stereocenters. The first-order valence-electron chi connectivity index (χ1n) is 9.62. The van der Waals surface area contributed by atoms with E-state index >= 15 is 0 Å². The van der Waals surface area contributed by atoms with Crippen LogP contribution in [0.1, 0.15) is 23.3 Å². The average Bonchev–Trinajstić information content (AvgIpc) is 3.17. The normalized spacial score (nSPS) is 19.4. The standard InChI is InChI=1S/C22H20F2N2O4/c23-15-7-5-14(6-8-15)21-13-17(25-30-21)22(28)26-11-9-18(27)20(10-12-26)29-19-4-2-1-3-16(19)24/h1-8,13,18,20,27H,9-12H2/t18-,20-/m0/s1. The predicted octanol–water partition coefficient (Wildman–Crippen LogP) is 3.66. The zero-order chi connectivity index (χ0) is 21.1. The van der Waals surface area contributed by atoms with Gasteiger partial charge in [-0.2, -0.15) is 0 Å². The minimum Gasteiger partial charge on any atom is -0.485 e. The maximum absolute atomic E-state index is 13.9. The number of benzene rings is 2. The second kappa shape index (κ2) is 8.62. The zero-order valence-electron chi connectivity index (χ0n) is 16.0. The highest BCUT2D eigenvalue weighted by Gasteiger charge is 2.30. The molecular weight excluding hydrogens is 394 g/mol. The van der Waals surface area contributed by atoms with Crippen LogP contribution in [0.15, 0.2) is 59.1 Å². The highest BCUT2D eigenvalue weighted by molar-refractivity contribution is 5.93. The Morgan fingerprint density at radius 1 is 1.10 bits per heavy atom. The maximum atomic E-state index is 13.9. The molecule has 8 heteroatoms. The molecule has 0 spiro atoms. The molecule has 0 bridgehead atoms. The summed E-state index contributed by atoms with van der Waals surface area (Å²) in [7, 11) is 0. The smallest absolute Gasteiger partial charge is 0.276 e. The molecular formula is C22H20F2N2O4. The molecule has 1 aliphatic rings. The third-order valence-corrected chi connectivity index (χ3v) is 5.07. The number of amides is 1. The van der Waals surface area contributed by atoms with Gasteiger partial charge < -0.3 is 19.3 Å². The molecule has 0 saturated carbocycles. The Hall–Kier alpha value is -3.26. The third-order valence-electron chi connectivity index (χ3n) is 5.07. The van der Waals surface area contributed by atoms with Gasteiger partial charge in [-0.3, -0.25) is 4.79 Å².